The minimum Gasteiger partial charge on any atom is -0.457 e. The van der Waals surface area contributed by atoms with E-state index in [-0.39, 0.29) is 11.4 Å². The summed E-state index contributed by atoms with van der Waals surface area (Å²) in [4.78, 5) is 22.5. The normalized spacial score (nSPS) is 16.9. The third kappa shape index (κ3) is 4.31. The molecule has 0 saturated carbocycles. The van der Waals surface area contributed by atoms with Crippen molar-refractivity contribution in [1.29, 1.82) is 0 Å². The van der Waals surface area contributed by atoms with Gasteiger partial charge in [-0.2, -0.15) is 0 Å². The Morgan fingerprint density at radius 1 is 1.00 bits per heavy atom. The molecule has 10 heteroatoms. The Hall–Kier alpha value is -2.62. The van der Waals surface area contributed by atoms with Crippen molar-refractivity contribution in [2.24, 2.45) is 0 Å². The molecule has 0 bridgehead atoms. The van der Waals surface area contributed by atoms with Gasteiger partial charge in [0.2, 0.25) is 10.0 Å². The minimum atomic E-state index is -3.84. The topological polar surface area (TPSA) is 114 Å². The Bertz CT molecular complexity index is 929. The van der Waals surface area contributed by atoms with Gasteiger partial charge < -0.3 is 10.1 Å². The van der Waals surface area contributed by atoms with Crippen molar-refractivity contribution in [1.82, 2.24) is 15.4 Å². The second-order valence-corrected chi connectivity index (χ2v) is 7.60. The fourth-order valence-corrected chi connectivity index (χ4v) is 3.38. The average molecular weight is 396 g/mol. The van der Waals surface area contributed by atoms with Crippen LogP contribution in [0.15, 0.2) is 53.4 Å². The van der Waals surface area contributed by atoms with Gasteiger partial charge in [0.25, 0.3) is 5.91 Å². The van der Waals surface area contributed by atoms with Gasteiger partial charge in [-0.1, -0.05) is 11.6 Å². The zero-order chi connectivity index (χ0) is 18.7. The van der Waals surface area contributed by atoms with E-state index in [0.717, 1.165) is 0 Å². The van der Waals surface area contributed by atoms with Crippen molar-refractivity contribution >= 4 is 33.6 Å². The third-order valence-electron chi connectivity index (χ3n) is 3.52. The number of sulfonamides is 1. The van der Waals surface area contributed by atoms with E-state index in [4.69, 9.17) is 16.3 Å². The minimum absolute atomic E-state index is 0.00527. The summed E-state index contributed by atoms with van der Waals surface area (Å²) in [6.45, 7) is -0.247. The lowest BCUT2D eigenvalue weighted by Gasteiger charge is -2.11. The predicted molar refractivity (Wildman–Crippen MR) is 93.6 cm³/mol. The lowest BCUT2D eigenvalue weighted by molar-refractivity contribution is -0.120. The number of halogens is 1. The summed E-state index contributed by atoms with van der Waals surface area (Å²) in [6.07, 6.45) is 0. The smallest absolute Gasteiger partial charge is 0.322 e. The van der Waals surface area contributed by atoms with Crippen molar-refractivity contribution in [2.45, 2.75) is 10.9 Å². The maximum absolute atomic E-state index is 12.3. The first-order valence-electron chi connectivity index (χ1n) is 7.48. The van der Waals surface area contributed by atoms with Crippen molar-refractivity contribution in [3.8, 4) is 11.5 Å². The summed E-state index contributed by atoms with van der Waals surface area (Å²) in [7, 11) is -3.84. The van der Waals surface area contributed by atoms with Crippen molar-refractivity contribution in [3.63, 3.8) is 0 Å². The van der Waals surface area contributed by atoms with Gasteiger partial charge in [0.15, 0.2) is 0 Å². The summed E-state index contributed by atoms with van der Waals surface area (Å²) in [5.41, 5.74) is 0. The molecule has 2 aromatic rings. The zero-order valence-electron chi connectivity index (χ0n) is 13.2. The number of urea groups is 1. The second kappa shape index (κ2) is 7.32. The number of ether oxygens (including phenoxy) is 1. The first kappa shape index (κ1) is 18.2. The van der Waals surface area contributed by atoms with E-state index in [1.807, 2.05) is 5.32 Å². The van der Waals surface area contributed by atoms with Crippen molar-refractivity contribution in [3.05, 3.63) is 53.6 Å². The first-order chi connectivity index (χ1) is 12.3. The average Bonchev–Trinajstić information content (AvgIpc) is 2.93. The number of rotatable bonds is 6. The summed E-state index contributed by atoms with van der Waals surface area (Å²) in [6, 6.07) is 10.9. The molecule has 1 aliphatic heterocycles. The highest BCUT2D eigenvalue weighted by Crippen LogP contribution is 2.24. The Morgan fingerprint density at radius 3 is 2.12 bits per heavy atom. The van der Waals surface area contributed by atoms with Gasteiger partial charge in [0, 0.05) is 11.6 Å². The van der Waals surface area contributed by atoms with Gasteiger partial charge in [-0.15, -0.1) is 0 Å². The molecule has 3 N–H and O–H groups in total. The molecule has 26 heavy (non-hydrogen) atoms. The van der Waals surface area contributed by atoms with Gasteiger partial charge in [0.05, 0.1) is 4.90 Å². The summed E-state index contributed by atoms with van der Waals surface area (Å²) < 4.78 is 32.4. The Kier molecular flexibility index (Phi) is 5.12. The number of carbonyl (C=O) groups excluding carboxylic acids is 2. The lowest BCUT2D eigenvalue weighted by Crippen LogP contribution is -2.41. The largest absolute Gasteiger partial charge is 0.457 e. The predicted octanol–water partition coefficient (Wildman–Crippen LogP) is 1.62. The van der Waals surface area contributed by atoms with Crippen LogP contribution in [0.2, 0.25) is 5.02 Å². The van der Waals surface area contributed by atoms with Gasteiger partial charge in [-0.3, -0.25) is 10.1 Å². The number of hydrogen-bond acceptors (Lipinski definition) is 5. The Labute approximate surface area is 154 Å². The molecular formula is C16H14ClN3O5S. The first-order valence-corrected chi connectivity index (χ1v) is 9.34. The van der Waals surface area contributed by atoms with Crippen LogP contribution in [0.3, 0.4) is 0 Å². The van der Waals surface area contributed by atoms with E-state index in [9.17, 15) is 18.0 Å². The maximum atomic E-state index is 12.3. The molecule has 0 radical (unpaired) electrons. The number of amides is 3. The quantitative estimate of drug-likeness (QED) is 0.643. The maximum Gasteiger partial charge on any atom is 0.322 e. The van der Waals surface area contributed by atoms with Crippen LogP contribution in [0.1, 0.15) is 0 Å². The van der Waals surface area contributed by atoms with Crippen LogP contribution in [-0.4, -0.2) is 32.9 Å². The van der Waals surface area contributed by atoms with Crippen molar-refractivity contribution < 1.29 is 22.7 Å². The van der Waals surface area contributed by atoms with Gasteiger partial charge in [-0.05, 0) is 48.5 Å². The molecule has 136 valence electrons. The van der Waals surface area contributed by atoms with E-state index in [1.54, 1.807) is 24.3 Å². The van der Waals surface area contributed by atoms with E-state index < -0.39 is 28.0 Å². The number of nitrogens with one attached hydrogen (secondary N) is 3. The number of benzene rings is 2. The van der Waals surface area contributed by atoms with Gasteiger partial charge in [-0.25, -0.2) is 17.9 Å². The van der Waals surface area contributed by atoms with E-state index in [2.05, 4.69) is 10.0 Å². The Morgan fingerprint density at radius 2 is 1.58 bits per heavy atom. The second-order valence-electron chi connectivity index (χ2n) is 5.39. The summed E-state index contributed by atoms with van der Waals surface area (Å²) in [5.74, 6) is 0.434. The Balaban J connectivity index is 1.64. The van der Waals surface area contributed by atoms with Gasteiger partial charge in [0.1, 0.15) is 17.5 Å². The zero-order valence-corrected chi connectivity index (χ0v) is 14.8. The van der Waals surface area contributed by atoms with Crippen LogP contribution >= 0.6 is 11.6 Å². The fourth-order valence-electron chi connectivity index (χ4n) is 2.20. The van der Waals surface area contributed by atoms with Crippen molar-refractivity contribution in [2.75, 3.05) is 6.54 Å². The fraction of sp³-hybridized carbons (Fsp3) is 0.125. The van der Waals surface area contributed by atoms with Crippen LogP contribution in [-0.2, 0) is 14.8 Å². The van der Waals surface area contributed by atoms with Crippen LogP contribution in [0.25, 0.3) is 0 Å². The molecule has 1 atom stereocenters. The molecule has 3 rings (SSSR count). The molecule has 1 aliphatic rings. The molecule has 1 heterocycles. The summed E-state index contributed by atoms with van der Waals surface area (Å²) in [5, 5.41) is 4.92. The molecule has 0 spiro atoms. The highest BCUT2D eigenvalue weighted by Gasteiger charge is 2.30. The monoisotopic (exact) mass is 395 g/mol. The molecule has 0 aliphatic carbocycles. The molecule has 3 amide bonds. The standard InChI is InChI=1S/C16H14ClN3O5S/c17-10-1-3-11(4-2-10)25-12-5-7-13(8-6-12)26(23,24)18-9-14-15(21)20-16(22)19-14/h1-8,14,18H,9H2,(H2,19,20,21,22)/t14-/m0/s1. The van der Waals surface area contributed by atoms with Crippen LogP contribution in [0.5, 0.6) is 11.5 Å². The highest BCUT2D eigenvalue weighted by atomic mass is 35.5. The van der Waals surface area contributed by atoms with Crippen LogP contribution in [0.4, 0.5) is 4.79 Å². The molecule has 0 aromatic heterocycles. The molecular weight excluding hydrogens is 382 g/mol. The number of hydrogen-bond donors (Lipinski definition) is 3. The molecule has 1 fully saturated rings. The van der Waals surface area contributed by atoms with E-state index in [0.29, 0.717) is 16.5 Å². The summed E-state index contributed by atoms with van der Waals surface area (Å²) >= 11 is 5.80. The molecule has 2 aromatic carbocycles. The van der Waals surface area contributed by atoms with Crippen LogP contribution < -0.4 is 20.1 Å². The van der Waals surface area contributed by atoms with E-state index >= 15 is 0 Å². The van der Waals surface area contributed by atoms with Gasteiger partial charge >= 0.3 is 6.03 Å². The third-order valence-corrected chi connectivity index (χ3v) is 5.21. The SMILES string of the molecule is O=C1NC(=O)[C@H](CNS(=O)(=O)c2ccc(Oc3ccc(Cl)cc3)cc2)N1. The molecule has 0 unspecified atom stereocenters. The lowest BCUT2D eigenvalue weighted by atomic mass is 10.3. The van der Waals surface area contributed by atoms with Crippen LogP contribution in [0, 0.1) is 0 Å². The number of carbonyl (C=O) groups is 2. The highest BCUT2D eigenvalue weighted by molar-refractivity contribution is 7.89. The number of imide groups is 1. The molecule has 1 saturated heterocycles. The van der Waals surface area contributed by atoms with E-state index in [1.165, 1.54) is 24.3 Å². The molecule has 8 nitrogen and oxygen atoms in total.